The van der Waals surface area contributed by atoms with Gasteiger partial charge in [0.2, 0.25) is 11.8 Å². The molecule has 3 rings (SSSR count). The molecule has 2 aliphatic heterocycles. The van der Waals surface area contributed by atoms with Crippen LogP contribution < -0.4 is 5.32 Å². The fraction of sp³-hybridized carbons (Fsp3) is 0.846. The van der Waals surface area contributed by atoms with Crippen LogP contribution in [-0.2, 0) is 14.3 Å². The normalized spacial score (nSPS) is 37.6. The number of carbonyl (C=O) groups excluding carboxylic acids is 2. The first-order chi connectivity index (χ1) is 8.65. The summed E-state index contributed by atoms with van der Waals surface area (Å²) < 4.78 is 5.51. The Balaban J connectivity index is 1.72. The standard InChI is InChI=1S/C13H20N2O3/c1-8-6-10(4-5-18-8)15-7-11(16)14-12(13(15)17)9-2-3-9/h8-10,12H,2-7H2,1H3,(H,14,16). The molecule has 0 aromatic heterocycles. The van der Waals surface area contributed by atoms with E-state index in [4.69, 9.17) is 4.74 Å². The molecule has 2 amide bonds. The van der Waals surface area contributed by atoms with Crippen LogP contribution in [0.5, 0.6) is 0 Å². The molecule has 18 heavy (non-hydrogen) atoms. The predicted octanol–water partition coefficient (Wildman–Crippen LogP) is 0.291. The quantitative estimate of drug-likeness (QED) is 0.768. The number of nitrogens with one attached hydrogen (secondary N) is 1. The van der Waals surface area contributed by atoms with Crippen molar-refractivity contribution in [3.05, 3.63) is 0 Å². The number of ether oxygens (including phenoxy) is 1. The number of hydrogen-bond acceptors (Lipinski definition) is 3. The molecule has 0 aromatic rings. The van der Waals surface area contributed by atoms with Crippen molar-refractivity contribution in [3.8, 4) is 0 Å². The number of nitrogens with zero attached hydrogens (tertiary/aromatic N) is 1. The Bertz CT molecular complexity index is 367. The highest BCUT2D eigenvalue weighted by Crippen LogP contribution is 2.35. The molecule has 1 saturated carbocycles. The van der Waals surface area contributed by atoms with Crippen molar-refractivity contribution in [3.63, 3.8) is 0 Å². The summed E-state index contributed by atoms with van der Waals surface area (Å²) in [6, 6.07) is -0.0852. The summed E-state index contributed by atoms with van der Waals surface area (Å²) in [6.45, 7) is 2.93. The minimum absolute atomic E-state index is 0.00866. The second-order valence-corrected chi connectivity index (χ2v) is 5.71. The molecule has 1 N–H and O–H groups in total. The third-order valence-corrected chi connectivity index (χ3v) is 4.17. The van der Waals surface area contributed by atoms with Crippen LogP contribution in [-0.4, -0.2) is 48.1 Å². The van der Waals surface area contributed by atoms with E-state index in [1.807, 2.05) is 6.92 Å². The van der Waals surface area contributed by atoms with Crippen LogP contribution >= 0.6 is 0 Å². The molecule has 5 nitrogen and oxygen atoms in total. The van der Waals surface area contributed by atoms with Crippen molar-refractivity contribution < 1.29 is 14.3 Å². The summed E-state index contributed by atoms with van der Waals surface area (Å²) in [4.78, 5) is 26.0. The van der Waals surface area contributed by atoms with E-state index in [0.717, 1.165) is 25.7 Å². The SMILES string of the molecule is CC1CC(N2CC(=O)NC(C3CC3)C2=O)CCO1. The molecule has 3 fully saturated rings. The molecule has 0 spiro atoms. The number of carbonyl (C=O) groups is 2. The molecule has 100 valence electrons. The number of rotatable bonds is 2. The van der Waals surface area contributed by atoms with Crippen LogP contribution in [0, 0.1) is 5.92 Å². The Kier molecular flexibility index (Phi) is 3.01. The van der Waals surface area contributed by atoms with Crippen LogP contribution in [0.25, 0.3) is 0 Å². The van der Waals surface area contributed by atoms with Crippen molar-refractivity contribution in [1.29, 1.82) is 0 Å². The van der Waals surface area contributed by atoms with E-state index in [1.165, 1.54) is 0 Å². The van der Waals surface area contributed by atoms with Crippen LogP contribution in [0.4, 0.5) is 0 Å². The van der Waals surface area contributed by atoms with Crippen LogP contribution in [0.1, 0.15) is 32.6 Å². The second kappa shape index (κ2) is 4.53. The van der Waals surface area contributed by atoms with Gasteiger partial charge in [0.25, 0.3) is 0 Å². The molecular weight excluding hydrogens is 232 g/mol. The molecule has 3 atom stereocenters. The highest BCUT2D eigenvalue weighted by Gasteiger charge is 2.44. The van der Waals surface area contributed by atoms with E-state index in [1.54, 1.807) is 4.90 Å². The van der Waals surface area contributed by atoms with Gasteiger partial charge in [-0.2, -0.15) is 0 Å². The average molecular weight is 252 g/mol. The van der Waals surface area contributed by atoms with Crippen molar-refractivity contribution >= 4 is 11.8 Å². The molecule has 2 saturated heterocycles. The molecular formula is C13H20N2O3. The smallest absolute Gasteiger partial charge is 0.246 e. The molecule has 0 aromatic carbocycles. The van der Waals surface area contributed by atoms with Gasteiger partial charge in [0, 0.05) is 12.6 Å². The summed E-state index contributed by atoms with van der Waals surface area (Å²) in [5.41, 5.74) is 0. The van der Waals surface area contributed by atoms with Gasteiger partial charge in [0.05, 0.1) is 12.6 Å². The highest BCUT2D eigenvalue weighted by molar-refractivity contribution is 5.95. The maximum absolute atomic E-state index is 12.4. The zero-order valence-corrected chi connectivity index (χ0v) is 10.7. The third kappa shape index (κ3) is 2.23. The maximum atomic E-state index is 12.4. The van der Waals surface area contributed by atoms with Crippen molar-refractivity contribution in [2.45, 2.75) is 50.8 Å². The first-order valence-corrected chi connectivity index (χ1v) is 6.86. The van der Waals surface area contributed by atoms with Gasteiger partial charge in [-0.3, -0.25) is 9.59 Å². The van der Waals surface area contributed by atoms with Crippen molar-refractivity contribution in [1.82, 2.24) is 10.2 Å². The lowest BCUT2D eigenvalue weighted by Crippen LogP contribution is -2.62. The zero-order valence-electron chi connectivity index (χ0n) is 10.7. The highest BCUT2D eigenvalue weighted by atomic mass is 16.5. The first-order valence-electron chi connectivity index (χ1n) is 6.86. The largest absolute Gasteiger partial charge is 0.378 e. The third-order valence-electron chi connectivity index (χ3n) is 4.17. The molecule has 3 unspecified atom stereocenters. The maximum Gasteiger partial charge on any atom is 0.246 e. The van der Waals surface area contributed by atoms with Gasteiger partial charge >= 0.3 is 0 Å². The van der Waals surface area contributed by atoms with E-state index in [9.17, 15) is 9.59 Å². The fourth-order valence-corrected chi connectivity index (χ4v) is 3.01. The summed E-state index contributed by atoms with van der Waals surface area (Å²) in [6.07, 6.45) is 4.00. The Labute approximate surface area is 107 Å². The van der Waals surface area contributed by atoms with Gasteiger partial charge in [0.15, 0.2) is 0 Å². The Morgan fingerprint density at radius 1 is 1.28 bits per heavy atom. The second-order valence-electron chi connectivity index (χ2n) is 5.71. The molecule has 5 heteroatoms. The summed E-state index contributed by atoms with van der Waals surface area (Å²) >= 11 is 0. The Morgan fingerprint density at radius 2 is 2.06 bits per heavy atom. The Hall–Kier alpha value is -1.10. The zero-order chi connectivity index (χ0) is 12.7. The van der Waals surface area contributed by atoms with Crippen molar-refractivity contribution in [2.75, 3.05) is 13.2 Å². The van der Waals surface area contributed by atoms with Crippen LogP contribution in [0.15, 0.2) is 0 Å². The predicted molar refractivity (Wildman–Crippen MR) is 64.8 cm³/mol. The molecule has 0 radical (unpaired) electrons. The van der Waals surface area contributed by atoms with Gasteiger partial charge in [0.1, 0.15) is 6.04 Å². The monoisotopic (exact) mass is 252 g/mol. The lowest BCUT2D eigenvalue weighted by Gasteiger charge is -2.41. The fourth-order valence-electron chi connectivity index (χ4n) is 3.01. The molecule has 3 aliphatic rings. The summed E-state index contributed by atoms with van der Waals surface area (Å²) in [5.74, 6) is 0.489. The number of amides is 2. The average Bonchev–Trinajstić information content (AvgIpc) is 3.16. The van der Waals surface area contributed by atoms with Gasteiger partial charge in [-0.15, -0.1) is 0 Å². The van der Waals surface area contributed by atoms with E-state index in [2.05, 4.69) is 5.32 Å². The molecule has 0 bridgehead atoms. The van der Waals surface area contributed by atoms with Gasteiger partial charge < -0.3 is 15.0 Å². The van der Waals surface area contributed by atoms with Crippen LogP contribution in [0.3, 0.4) is 0 Å². The molecule has 2 heterocycles. The first kappa shape index (κ1) is 12.0. The van der Waals surface area contributed by atoms with Crippen molar-refractivity contribution in [2.24, 2.45) is 5.92 Å². The molecule has 1 aliphatic carbocycles. The lowest BCUT2D eigenvalue weighted by molar-refractivity contribution is -0.150. The number of hydrogen-bond donors (Lipinski definition) is 1. The van der Waals surface area contributed by atoms with E-state index >= 15 is 0 Å². The van der Waals surface area contributed by atoms with E-state index in [-0.39, 0.29) is 36.5 Å². The van der Waals surface area contributed by atoms with Gasteiger partial charge in [-0.1, -0.05) is 0 Å². The summed E-state index contributed by atoms with van der Waals surface area (Å²) in [7, 11) is 0. The van der Waals surface area contributed by atoms with Gasteiger partial charge in [-0.05, 0) is 38.5 Å². The minimum atomic E-state index is -0.260. The number of piperazine rings is 1. The lowest BCUT2D eigenvalue weighted by atomic mass is 9.99. The topological polar surface area (TPSA) is 58.6 Å². The van der Waals surface area contributed by atoms with Gasteiger partial charge in [-0.25, -0.2) is 0 Å². The Morgan fingerprint density at radius 3 is 2.72 bits per heavy atom. The van der Waals surface area contributed by atoms with E-state index in [0.29, 0.717) is 12.5 Å². The van der Waals surface area contributed by atoms with E-state index < -0.39 is 0 Å². The van der Waals surface area contributed by atoms with Crippen LogP contribution in [0.2, 0.25) is 0 Å². The minimum Gasteiger partial charge on any atom is -0.378 e. The summed E-state index contributed by atoms with van der Waals surface area (Å²) in [5, 5.41) is 2.85.